The highest BCUT2D eigenvalue weighted by Crippen LogP contribution is 2.28. The number of benzene rings is 1. The number of nitrogens with one attached hydrogen (secondary N) is 1. The van der Waals surface area contributed by atoms with Crippen LogP contribution in [0.1, 0.15) is 12.6 Å². The molecule has 0 radical (unpaired) electrons. The van der Waals surface area contributed by atoms with E-state index in [2.05, 4.69) is 41.3 Å². The van der Waals surface area contributed by atoms with E-state index in [0.717, 1.165) is 18.7 Å². The molecule has 1 fully saturated rings. The molecule has 2 heterocycles. The first-order chi connectivity index (χ1) is 10.3. The van der Waals surface area contributed by atoms with E-state index in [1.165, 1.54) is 28.2 Å². The largest absolute Gasteiger partial charge is 0.271 e. The van der Waals surface area contributed by atoms with E-state index >= 15 is 0 Å². The molecule has 1 aliphatic heterocycles. The highest BCUT2D eigenvalue weighted by atomic mass is 32.2. The van der Waals surface area contributed by atoms with Crippen LogP contribution in [0.2, 0.25) is 0 Å². The van der Waals surface area contributed by atoms with Crippen LogP contribution in [0.3, 0.4) is 0 Å². The molecule has 3 rings (SSSR count). The lowest BCUT2D eigenvalue weighted by Gasteiger charge is -2.28. The van der Waals surface area contributed by atoms with Gasteiger partial charge in [-0.25, -0.2) is 0 Å². The lowest BCUT2D eigenvalue weighted by Crippen LogP contribution is -2.46. The zero-order valence-corrected chi connectivity index (χ0v) is 13.9. The standard InChI is InChI=1S/C15H22N4S2/c1-2-19-14-6-4-3-5-11(14)12(18-19)9-13(17-16)15-10-20-7-8-21-15/h3-6,13,15,17H,2,7-10,16H2,1H3. The van der Waals surface area contributed by atoms with Crippen LogP contribution < -0.4 is 11.3 Å². The third-order valence-corrected chi connectivity index (χ3v) is 6.87. The van der Waals surface area contributed by atoms with Crippen LogP contribution in [-0.2, 0) is 13.0 Å². The van der Waals surface area contributed by atoms with Crippen LogP contribution >= 0.6 is 23.5 Å². The molecule has 2 aromatic rings. The number of aryl methyl sites for hydroxylation is 1. The number of nitrogens with two attached hydrogens (primary N) is 1. The van der Waals surface area contributed by atoms with Gasteiger partial charge in [0, 0.05) is 46.9 Å². The van der Waals surface area contributed by atoms with Gasteiger partial charge in [0.15, 0.2) is 0 Å². The van der Waals surface area contributed by atoms with Crippen molar-refractivity contribution in [1.29, 1.82) is 0 Å². The molecule has 6 heteroatoms. The van der Waals surface area contributed by atoms with Gasteiger partial charge < -0.3 is 0 Å². The molecule has 1 aromatic heterocycles. The number of aromatic nitrogens is 2. The Kier molecular flexibility index (Phi) is 5.11. The van der Waals surface area contributed by atoms with Crippen LogP contribution in [-0.4, -0.2) is 38.3 Å². The van der Waals surface area contributed by atoms with Crippen LogP contribution in [0, 0.1) is 0 Å². The van der Waals surface area contributed by atoms with Gasteiger partial charge in [0.25, 0.3) is 0 Å². The van der Waals surface area contributed by atoms with Crippen molar-refractivity contribution in [3.63, 3.8) is 0 Å². The summed E-state index contributed by atoms with van der Waals surface area (Å²) in [6, 6.07) is 8.76. The van der Waals surface area contributed by atoms with Crippen LogP contribution in [0.15, 0.2) is 24.3 Å². The summed E-state index contributed by atoms with van der Waals surface area (Å²) < 4.78 is 2.08. The Morgan fingerprint density at radius 2 is 2.29 bits per heavy atom. The van der Waals surface area contributed by atoms with Crippen molar-refractivity contribution in [3.8, 4) is 0 Å². The molecule has 1 aliphatic rings. The Morgan fingerprint density at radius 3 is 3.00 bits per heavy atom. The van der Waals surface area contributed by atoms with Gasteiger partial charge in [-0.3, -0.25) is 16.0 Å². The molecule has 1 aromatic carbocycles. The van der Waals surface area contributed by atoms with Gasteiger partial charge in [-0.1, -0.05) is 18.2 Å². The zero-order chi connectivity index (χ0) is 14.7. The summed E-state index contributed by atoms with van der Waals surface area (Å²) in [6.45, 7) is 3.03. The Labute approximate surface area is 134 Å². The summed E-state index contributed by atoms with van der Waals surface area (Å²) in [5.74, 6) is 9.48. The van der Waals surface area contributed by atoms with Gasteiger partial charge in [0.1, 0.15) is 0 Å². The first kappa shape index (κ1) is 15.2. The van der Waals surface area contributed by atoms with Gasteiger partial charge in [-0.05, 0) is 13.0 Å². The first-order valence-corrected chi connectivity index (χ1v) is 9.63. The average molecular weight is 323 g/mol. The number of hydrogen-bond donors (Lipinski definition) is 2. The molecule has 0 bridgehead atoms. The van der Waals surface area contributed by atoms with E-state index in [0.29, 0.717) is 5.25 Å². The summed E-state index contributed by atoms with van der Waals surface area (Å²) in [7, 11) is 0. The second kappa shape index (κ2) is 7.05. The van der Waals surface area contributed by atoms with E-state index in [4.69, 9.17) is 10.9 Å². The molecule has 114 valence electrons. The number of thioether (sulfide) groups is 2. The second-order valence-electron chi connectivity index (χ2n) is 5.24. The first-order valence-electron chi connectivity index (χ1n) is 7.43. The maximum Gasteiger partial charge on any atom is 0.0719 e. The Balaban J connectivity index is 1.85. The molecule has 1 saturated heterocycles. The summed E-state index contributed by atoms with van der Waals surface area (Å²) in [5.41, 5.74) is 5.41. The number of hydrogen-bond acceptors (Lipinski definition) is 5. The average Bonchev–Trinajstić information content (AvgIpc) is 2.91. The zero-order valence-electron chi connectivity index (χ0n) is 12.3. The van der Waals surface area contributed by atoms with E-state index in [-0.39, 0.29) is 6.04 Å². The van der Waals surface area contributed by atoms with Crippen molar-refractivity contribution in [2.75, 3.05) is 17.3 Å². The van der Waals surface area contributed by atoms with Crippen molar-refractivity contribution in [2.24, 2.45) is 5.84 Å². The maximum absolute atomic E-state index is 5.83. The number of para-hydroxylation sites is 1. The smallest absolute Gasteiger partial charge is 0.0719 e. The molecule has 3 N–H and O–H groups in total. The second-order valence-corrected chi connectivity index (χ2v) is 7.74. The Morgan fingerprint density at radius 1 is 1.43 bits per heavy atom. The molecule has 21 heavy (non-hydrogen) atoms. The fourth-order valence-electron chi connectivity index (χ4n) is 2.83. The highest BCUT2D eigenvalue weighted by Gasteiger charge is 2.25. The fourth-order valence-corrected chi connectivity index (χ4v) is 5.70. The predicted molar refractivity (Wildman–Crippen MR) is 93.8 cm³/mol. The number of rotatable bonds is 5. The number of fused-ring (bicyclic) bond motifs is 1. The molecule has 2 unspecified atom stereocenters. The monoisotopic (exact) mass is 322 g/mol. The van der Waals surface area contributed by atoms with Crippen LogP contribution in [0.4, 0.5) is 0 Å². The van der Waals surface area contributed by atoms with E-state index < -0.39 is 0 Å². The van der Waals surface area contributed by atoms with Gasteiger partial charge in [0.2, 0.25) is 0 Å². The van der Waals surface area contributed by atoms with E-state index in [1.54, 1.807) is 0 Å². The molecule has 2 atom stereocenters. The summed E-state index contributed by atoms with van der Waals surface area (Å²) >= 11 is 4.06. The van der Waals surface area contributed by atoms with Crippen molar-refractivity contribution in [1.82, 2.24) is 15.2 Å². The summed E-state index contributed by atoms with van der Waals surface area (Å²) in [4.78, 5) is 0. The molecular formula is C15H22N4S2. The van der Waals surface area contributed by atoms with Gasteiger partial charge in [-0.2, -0.15) is 28.6 Å². The highest BCUT2D eigenvalue weighted by molar-refractivity contribution is 8.06. The molecule has 0 amide bonds. The number of hydrazine groups is 1. The minimum Gasteiger partial charge on any atom is -0.271 e. The lowest BCUT2D eigenvalue weighted by molar-refractivity contribution is 0.514. The third-order valence-electron chi connectivity index (χ3n) is 3.95. The predicted octanol–water partition coefficient (Wildman–Crippen LogP) is 2.28. The minimum absolute atomic E-state index is 0.284. The van der Waals surface area contributed by atoms with Crippen molar-refractivity contribution in [3.05, 3.63) is 30.0 Å². The summed E-state index contributed by atoms with van der Waals surface area (Å²) in [5, 5.41) is 6.62. The lowest BCUT2D eigenvalue weighted by atomic mass is 10.1. The van der Waals surface area contributed by atoms with Crippen LogP contribution in [0.5, 0.6) is 0 Å². The topological polar surface area (TPSA) is 55.9 Å². The summed E-state index contributed by atoms with van der Waals surface area (Å²) in [6.07, 6.45) is 0.891. The minimum atomic E-state index is 0.284. The molecule has 4 nitrogen and oxygen atoms in total. The van der Waals surface area contributed by atoms with Gasteiger partial charge in [0.05, 0.1) is 11.2 Å². The quantitative estimate of drug-likeness (QED) is 0.653. The van der Waals surface area contributed by atoms with Gasteiger partial charge in [-0.15, -0.1) is 0 Å². The third kappa shape index (κ3) is 3.23. The van der Waals surface area contributed by atoms with Crippen LogP contribution in [0.25, 0.3) is 10.9 Å². The van der Waals surface area contributed by atoms with Crippen molar-refractivity contribution >= 4 is 34.4 Å². The number of nitrogens with zero attached hydrogens (tertiary/aromatic N) is 2. The SMILES string of the molecule is CCn1nc(CC(NN)C2CSCCS2)c2ccccc21. The molecule has 0 aliphatic carbocycles. The van der Waals surface area contributed by atoms with Crippen molar-refractivity contribution < 1.29 is 0 Å². The fraction of sp³-hybridized carbons (Fsp3) is 0.533. The molecule has 0 saturated carbocycles. The molecule has 0 spiro atoms. The van der Waals surface area contributed by atoms with Crippen molar-refractivity contribution in [2.45, 2.75) is 31.2 Å². The normalized spacial score (nSPS) is 20.8. The maximum atomic E-state index is 5.83. The Hall–Kier alpha value is -0.690. The Bertz CT molecular complexity index is 592. The van der Waals surface area contributed by atoms with Gasteiger partial charge >= 0.3 is 0 Å². The van der Waals surface area contributed by atoms with E-state index in [1.807, 2.05) is 23.5 Å². The molecular weight excluding hydrogens is 300 g/mol. The van der Waals surface area contributed by atoms with E-state index in [9.17, 15) is 0 Å².